The molecule has 0 spiro atoms. The third-order valence-corrected chi connectivity index (χ3v) is 4.81. The SMILES string of the molecule is COc1ccc(NC(C)=O)cc1NC(=O)Cc1coc2cc(C)c(C(C)C)cc12. The van der Waals surface area contributed by atoms with E-state index < -0.39 is 0 Å². The molecule has 0 aliphatic heterocycles. The number of fused-ring (bicyclic) bond motifs is 1. The van der Waals surface area contributed by atoms with Gasteiger partial charge in [-0.2, -0.15) is 0 Å². The van der Waals surface area contributed by atoms with Crippen LogP contribution in [0.5, 0.6) is 5.75 Å². The summed E-state index contributed by atoms with van der Waals surface area (Å²) < 4.78 is 11.0. The van der Waals surface area contributed by atoms with Gasteiger partial charge in [0.2, 0.25) is 11.8 Å². The van der Waals surface area contributed by atoms with Crippen LogP contribution in [0.15, 0.2) is 41.0 Å². The van der Waals surface area contributed by atoms with E-state index in [0.29, 0.717) is 23.0 Å². The highest BCUT2D eigenvalue weighted by atomic mass is 16.5. The van der Waals surface area contributed by atoms with Gasteiger partial charge in [0.05, 0.1) is 25.5 Å². The Balaban J connectivity index is 1.84. The first-order valence-electron chi connectivity index (χ1n) is 9.54. The normalized spacial score (nSPS) is 11.0. The summed E-state index contributed by atoms with van der Waals surface area (Å²) in [5.74, 6) is 0.519. The zero-order chi connectivity index (χ0) is 21.1. The van der Waals surface area contributed by atoms with Crippen molar-refractivity contribution in [2.24, 2.45) is 0 Å². The molecule has 0 unspecified atom stereocenters. The lowest BCUT2D eigenvalue weighted by atomic mass is 9.95. The first-order valence-corrected chi connectivity index (χ1v) is 9.54. The molecule has 3 rings (SSSR count). The van der Waals surface area contributed by atoms with Gasteiger partial charge in [0, 0.05) is 23.6 Å². The maximum atomic E-state index is 12.7. The lowest BCUT2D eigenvalue weighted by molar-refractivity contribution is -0.115. The number of carbonyl (C=O) groups excluding carboxylic acids is 2. The van der Waals surface area contributed by atoms with Crippen molar-refractivity contribution >= 4 is 34.2 Å². The number of ether oxygens (including phenoxy) is 1. The fourth-order valence-electron chi connectivity index (χ4n) is 3.46. The van der Waals surface area contributed by atoms with E-state index in [1.165, 1.54) is 25.2 Å². The summed E-state index contributed by atoms with van der Waals surface area (Å²) in [5.41, 5.74) is 5.11. The summed E-state index contributed by atoms with van der Waals surface area (Å²) in [5, 5.41) is 6.52. The Hall–Kier alpha value is -3.28. The number of benzene rings is 2. The number of rotatable bonds is 6. The Bertz CT molecular complexity index is 1070. The molecule has 0 saturated heterocycles. The summed E-state index contributed by atoms with van der Waals surface area (Å²) in [6, 6.07) is 9.22. The van der Waals surface area contributed by atoms with E-state index in [1.807, 2.05) is 6.07 Å². The number of hydrogen-bond acceptors (Lipinski definition) is 4. The minimum Gasteiger partial charge on any atom is -0.495 e. The minimum atomic E-state index is -0.197. The molecule has 0 radical (unpaired) electrons. The van der Waals surface area contributed by atoms with Gasteiger partial charge in [0.15, 0.2) is 0 Å². The van der Waals surface area contributed by atoms with E-state index >= 15 is 0 Å². The van der Waals surface area contributed by atoms with Crippen LogP contribution in [0.25, 0.3) is 11.0 Å². The molecule has 0 aliphatic rings. The van der Waals surface area contributed by atoms with Crippen molar-refractivity contribution in [1.82, 2.24) is 0 Å². The standard InChI is InChI=1S/C23H26N2O4/c1-13(2)18-11-19-16(12-29-22(19)8-14(18)3)9-23(27)25-20-10-17(24-15(4)26)6-7-21(20)28-5/h6-8,10-13H,9H2,1-5H3,(H,24,26)(H,25,27). The molecule has 6 heteroatoms. The third-order valence-electron chi connectivity index (χ3n) is 4.81. The second-order valence-electron chi connectivity index (χ2n) is 7.44. The van der Waals surface area contributed by atoms with Crippen molar-refractivity contribution in [3.8, 4) is 5.75 Å². The second-order valence-corrected chi connectivity index (χ2v) is 7.44. The Kier molecular flexibility index (Phi) is 5.92. The molecule has 2 N–H and O–H groups in total. The van der Waals surface area contributed by atoms with Crippen LogP contribution in [0.4, 0.5) is 11.4 Å². The quantitative estimate of drug-likeness (QED) is 0.616. The van der Waals surface area contributed by atoms with Crippen LogP contribution < -0.4 is 15.4 Å². The van der Waals surface area contributed by atoms with Crippen molar-refractivity contribution in [1.29, 1.82) is 0 Å². The van der Waals surface area contributed by atoms with E-state index in [4.69, 9.17) is 9.15 Å². The highest BCUT2D eigenvalue weighted by Gasteiger charge is 2.15. The molecule has 2 aromatic carbocycles. The van der Waals surface area contributed by atoms with Gasteiger partial charge in [-0.3, -0.25) is 9.59 Å². The van der Waals surface area contributed by atoms with Gasteiger partial charge in [0.1, 0.15) is 11.3 Å². The molecular weight excluding hydrogens is 368 g/mol. The van der Waals surface area contributed by atoms with Crippen molar-refractivity contribution in [2.45, 2.75) is 40.0 Å². The van der Waals surface area contributed by atoms with Gasteiger partial charge in [-0.15, -0.1) is 0 Å². The largest absolute Gasteiger partial charge is 0.495 e. The smallest absolute Gasteiger partial charge is 0.229 e. The second kappa shape index (κ2) is 8.39. The van der Waals surface area contributed by atoms with Crippen molar-refractivity contribution in [2.75, 3.05) is 17.7 Å². The molecule has 2 amide bonds. The molecule has 0 atom stereocenters. The summed E-state index contributed by atoms with van der Waals surface area (Å²) in [6.45, 7) is 7.79. The average Bonchev–Trinajstić information content (AvgIpc) is 3.02. The summed E-state index contributed by atoms with van der Waals surface area (Å²) in [7, 11) is 1.53. The average molecular weight is 394 g/mol. The van der Waals surface area contributed by atoms with Crippen molar-refractivity contribution in [3.05, 3.63) is 53.3 Å². The molecule has 1 aromatic heterocycles. The fourth-order valence-corrected chi connectivity index (χ4v) is 3.46. The van der Waals surface area contributed by atoms with Crippen LogP contribution in [-0.2, 0) is 16.0 Å². The van der Waals surface area contributed by atoms with Crippen LogP contribution in [0, 0.1) is 6.92 Å². The van der Waals surface area contributed by atoms with Gasteiger partial charge < -0.3 is 19.8 Å². The van der Waals surface area contributed by atoms with Crippen LogP contribution in [0.1, 0.15) is 43.4 Å². The predicted molar refractivity (Wildman–Crippen MR) is 115 cm³/mol. The molecule has 29 heavy (non-hydrogen) atoms. The zero-order valence-electron chi connectivity index (χ0n) is 17.4. The van der Waals surface area contributed by atoms with E-state index in [1.54, 1.807) is 24.5 Å². The molecule has 0 aliphatic carbocycles. The van der Waals surface area contributed by atoms with Crippen LogP contribution >= 0.6 is 0 Å². The molecule has 152 valence electrons. The van der Waals surface area contributed by atoms with Gasteiger partial charge in [0.25, 0.3) is 0 Å². The first-order chi connectivity index (χ1) is 13.8. The maximum Gasteiger partial charge on any atom is 0.229 e. The van der Waals surface area contributed by atoms with Gasteiger partial charge >= 0.3 is 0 Å². The Morgan fingerprint density at radius 2 is 1.90 bits per heavy atom. The number of aryl methyl sites for hydroxylation is 1. The first kappa shape index (κ1) is 20.5. The zero-order valence-corrected chi connectivity index (χ0v) is 17.4. The predicted octanol–water partition coefficient (Wildman–Crippen LogP) is 5.01. The number of anilines is 2. The molecule has 0 fully saturated rings. The molecule has 3 aromatic rings. The van der Waals surface area contributed by atoms with Gasteiger partial charge in [-0.25, -0.2) is 0 Å². The number of nitrogens with one attached hydrogen (secondary N) is 2. The maximum absolute atomic E-state index is 12.7. The van der Waals surface area contributed by atoms with Gasteiger partial charge in [-0.05, 0) is 54.3 Å². The third kappa shape index (κ3) is 4.59. The number of amides is 2. The number of furan rings is 1. The van der Waals surface area contributed by atoms with E-state index in [9.17, 15) is 9.59 Å². The van der Waals surface area contributed by atoms with Crippen LogP contribution in [0.3, 0.4) is 0 Å². The lowest BCUT2D eigenvalue weighted by Crippen LogP contribution is -2.15. The minimum absolute atomic E-state index is 0.168. The van der Waals surface area contributed by atoms with Gasteiger partial charge in [-0.1, -0.05) is 13.8 Å². The number of methoxy groups -OCH3 is 1. The molecular formula is C23H26N2O4. The molecule has 0 saturated carbocycles. The Labute approximate surface area is 170 Å². The topological polar surface area (TPSA) is 80.6 Å². The highest BCUT2D eigenvalue weighted by Crippen LogP contribution is 2.31. The van der Waals surface area contributed by atoms with Crippen LogP contribution in [-0.4, -0.2) is 18.9 Å². The molecule has 6 nitrogen and oxygen atoms in total. The summed E-state index contributed by atoms with van der Waals surface area (Å²) in [6.07, 6.45) is 1.81. The lowest BCUT2D eigenvalue weighted by Gasteiger charge is -2.12. The number of carbonyl (C=O) groups is 2. The summed E-state index contributed by atoms with van der Waals surface area (Å²) >= 11 is 0. The van der Waals surface area contributed by atoms with E-state index in [2.05, 4.69) is 37.5 Å². The van der Waals surface area contributed by atoms with E-state index in [0.717, 1.165) is 16.5 Å². The molecule has 0 bridgehead atoms. The Morgan fingerprint density at radius 1 is 1.14 bits per heavy atom. The van der Waals surface area contributed by atoms with Crippen molar-refractivity contribution in [3.63, 3.8) is 0 Å². The highest BCUT2D eigenvalue weighted by molar-refractivity contribution is 5.98. The van der Waals surface area contributed by atoms with Crippen molar-refractivity contribution < 1.29 is 18.7 Å². The molecule has 1 heterocycles. The fraction of sp³-hybridized carbons (Fsp3) is 0.304. The Morgan fingerprint density at radius 3 is 2.55 bits per heavy atom. The van der Waals surface area contributed by atoms with Crippen LogP contribution in [0.2, 0.25) is 0 Å². The number of hydrogen-bond donors (Lipinski definition) is 2. The summed E-state index contributed by atoms with van der Waals surface area (Å²) in [4.78, 5) is 24.0. The monoisotopic (exact) mass is 394 g/mol. The van der Waals surface area contributed by atoms with E-state index in [-0.39, 0.29) is 18.2 Å².